The molecule has 0 fully saturated rings. The van der Waals surface area contributed by atoms with E-state index in [2.05, 4.69) is 101 Å². The highest BCUT2D eigenvalue weighted by Gasteiger charge is 2.55. The first-order chi connectivity index (χ1) is 18.4. The van der Waals surface area contributed by atoms with Gasteiger partial charge in [0.15, 0.2) is 0 Å². The van der Waals surface area contributed by atoms with Crippen LogP contribution in [0.15, 0.2) is 83.5 Å². The lowest BCUT2D eigenvalue weighted by Gasteiger charge is -2.44. The lowest BCUT2D eigenvalue weighted by atomic mass is 9.59. The van der Waals surface area contributed by atoms with Crippen molar-refractivity contribution in [2.75, 3.05) is 0 Å². The van der Waals surface area contributed by atoms with E-state index < -0.39 is 0 Å². The van der Waals surface area contributed by atoms with Gasteiger partial charge in [0, 0.05) is 0 Å². The van der Waals surface area contributed by atoms with Gasteiger partial charge in [-0.2, -0.15) is 0 Å². The monoisotopic (exact) mass is 490 g/mol. The van der Waals surface area contributed by atoms with E-state index in [0.717, 1.165) is 19.3 Å². The van der Waals surface area contributed by atoms with E-state index in [0.29, 0.717) is 11.8 Å². The van der Waals surface area contributed by atoms with Crippen molar-refractivity contribution in [3.63, 3.8) is 0 Å². The molecular formula is C38H34. The van der Waals surface area contributed by atoms with Gasteiger partial charge in [0.1, 0.15) is 0 Å². The molecule has 0 heterocycles. The number of fused-ring (bicyclic) bond motifs is 4. The van der Waals surface area contributed by atoms with Crippen molar-refractivity contribution in [3.8, 4) is 11.1 Å². The van der Waals surface area contributed by atoms with Crippen LogP contribution in [0.4, 0.5) is 0 Å². The molecule has 2 unspecified atom stereocenters. The Morgan fingerprint density at radius 1 is 0.658 bits per heavy atom. The van der Waals surface area contributed by atoms with Gasteiger partial charge >= 0.3 is 0 Å². The van der Waals surface area contributed by atoms with Gasteiger partial charge in [0.05, 0.1) is 0 Å². The maximum absolute atomic E-state index is 2.68. The summed E-state index contributed by atoms with van der Waals surface area (Å²) in [7, 11) is 0. The van der Waals surface area contributed by atoms with Crippen LogP contribution in [-0.4, -0.2) is 0 Å². The molecule has 0 aliphatic heterocycles. The smallest absolute Gasteiger partial charge is 0.00199 e. The van der Waals surface area contributed by atoms with Crippen LogP contribution >= 0.6 is 0 Å². The average molecular weight is 491 g/mol. The molecule has 186 valence electrons. The summed E-state index contributed by atoms with van der Waals surface area (Å²) in [5, 5.41) is 6.09. The Morgan fingerprint density at radius 2 is 1.42 bits per heavy atom. The van der Waals surface area contributed by atoms with Crippen LogP contribution in [0.2, 0.25) is 0 Å². The van der Waals surface area contributed by atoms with Gasteiger partial charge in [-0.25, -0.2) is 0 Å². The van der Waals surface area contributed by atoms with Crippen molar-refractivity contribution in [1.29, 1.82) is 0 Å². The van der Waals surface area contributed by atoms with Gasteiger partial charge in [-0.15, -0.1) is 0 Å². The molecule has 6 aliphatic rings. The van der Waals surface area contributed by atoms with Gasteiger partial charge in [-0.05, 0) is 125 Å². The van der Waals surface area contributed by atoms with E-state index in [1.165, 1.54) is 33.5 Å². The second-order valence-corrected chi connectivity index (χ2v) is 13.6. The first-order valence-electron chi connectivity index (χ1n) is 14.6. The molecule has 0 bridgehead atoms. The quantitative estimate of drug-likeness (QED) is 0.390. The minimum atomic E-state index is 0.0943. The number of rotatable bonds is 1. The summed E-state index contributed by atoms with van der Waals surface area (Å²) in [5.74, 6) is 1.10. The molecule has 6 aliphatic carbocycles. The Hall–Kier alpha value is -3.38. The van der Waals surface area contributed by atoms with Crippen LogP contribution in [0, 0.1) is 17.3 Å². The van der Waals surface area contributed by atoms with Crippen LogP contribution in [0.3, 0.4) is 0 Å². The summed E-state index contributed by atoms with van der Waals surface area (Å²) in [6.07, 6.45) is 9.76. The maximum Gasteiger partial charge on any atom is -0.00199 e. The minimum absolute atomic E-state index is 0.0943. The summed E-state index contributed by atoms with van der Waals surface area (Å²) < 4.78 is 0. The Bertz CT molecular complexity index is 1970. The molecular weight excluding hydrogens is 456 g/mol. The largest absolute Gasteiger partial charge is 0.0763 e. The molecule has 0 saturated heterocycles. The highest BCUT2D eigenvalue weighted by atomic mass is 14.6. The summed E-state index contributed by atoms with van der Waals surface area (Å²) in [4.78, 5) is 0. The Balaban J connectivity index is 1.40. The summed E-state index contributed by atoms with van der Waals surface area (Å²) in [5.41, 5.74) is 16.1. The predicted octanol–water partition coefficient (Wildman–Crippen LogP) is 6.04. The van der Waals surface area contributed by atoms with Gasteiger partial charge in [0.25, 0.3) is 0 Å². The fourth-order valence-electron chi connectivity index (χ4n) is 9.38. The first-order valence-corrected chi connectivity index (χ1v) is 14.6. The molecule has 3 aromatic carbocycles. The van der Waals surface area contributed by atoms with Crippen LogP contribution in [-0.2, 0) is 5.41 Å². The van der Waals surface area contributed by atoms with Crippen LogP contribution in [0.5, 0.6) is 0 Å². The zero-order valence-electron chi connectivity index (χ0n) is 22.9. The van der Waals surface area contributed by atoms with E-state index in [9.17, 15) is 0 Å². The van der Waals surface area contributed by atoms with Crippen LogP contribution in [0.25, 0.3) is 33.9 Å². The van der Waals surface area contributed by atoms with Crippen LogP contribution in [0.1, 0.15) is 64.5 Å². The molecule has 38 heavy (non-hydrogen) atoms. The lowest BCUT2D eigenvalue weighted by Crippen LogP contribution is -2.49. The molecule has 0 saturated carbocycles. The highest BCUT2D eigenvalue weighted by molar-refractivity contribution is 5.95. The average Bonchev–Trinajstić information content (AvgIpc) is 3.38. The number of allylic oxidation sites excluding steroid dienone is 4. The van der Waals surface area contributed by atoms with Gasteiger partial charge < -0.3 is 0 Å². The van der Waals surface area contributed by atoms with E-state index in [1.54, 1.807) is 49.4 Å². The molecule has 0 aromatic heterocycles. The maximum atomic E-state index is 2.68. The molecule has 0 heteroatoms. The molecule has 0 radical (unpaired) electrons. The molecule has 0 N–H and O–H groups in total. The fraction of sp³-hybridized carbons (Fsp3) is 0.316. The normalized spacial score (nSPS) is 26.0. The van der Waals surface area contributed by atoms with Gasteiger partial charge in [-0.3, -0.25) is 0 Å². The Labute approximate surface area is 225 Å². The van der Waals surface area contributed by atoms with Crippen molar-refractivity contribution in [2.45, 2.75) is 58.8 Å². The molecule has 0 amide bonds. The standard InChI is InChI=1S/C38H34/c1-37(2)29-17-16-27-25-13-7-8-14-26(25)28-20-32-36(35(29)33(27)28)34-30(37)18-22(19-31(34)38(32,3)4)24-15-9-11-21-10-5-6-12-23(21)24/h5-8,10-14,16-17,19,30,32H,9,15,18,20H2,1-4H3. The number of hydrogen-bond acceptors (Lipinski definition) is 0. The van der Waals surface area contributed by atoms with E-state index in [1.807, 2.05) is 0 Å². The zero-order chi connectivity index (χ0) is 25.6. The Kier molecular flexibility index (Phi) is 3.85. The van der Waals surface area contributed by atoms with Crippen molar-refractivity contribution in [2.24, 2.45) is 17.3 Å². The predicted molar refractivity (Wildman–Crippen MR) is 158 cm³/mol. The van der Waals surface area contributed by atoms with Crippen molar-refractivity contribution in [3.05, 3.63) is 115 Å². The van der Waals surface area contributed by atoms with Crippen LogP contribution < -0.4 is 20.9 Å². The first kappa shape index (κ1) is 21.5. The molecule has 2 atom stereocenters. The van der Waals surface area contributed by atoms with E-state index in [4.69, 9.17) is 0 Å². The summed E-state index contributed by atoms with van der Waals surface area (Å²) >= 11 is 0. The fourth-order valence-corrected chi connectivity index (χ4v) is 9.38. The minimum Gasteiger partial charge on any atom is -0.0763 e. The summed E-state index contributed by atoms with van der Waals surface area (Å²) in [6, 6.07) is 23.2. The third-order valence-electron chi connectivity index (χ3n) is 11.3. The molecule has 0 spiro atoms. The third-order valence-corrected chi connectivity index (χ3v) is 11.3. The third kappa shape index (κ3) is 2.36. The van der Waals surface area contributed by atoms with Crippen molar-refractivity contribution >= 4 is 22.8 Å². The van der Waals surface area contributed by atoms with Gasteiger partial charge in [0.2, 0.25) is 0 Å². The highest BCUT2D eigenvalue weighted by Crippen LogP contribution is 2.64. The molecule has 0 nitrogen and oxygen atoms in total. The lowest BCUT2D eigenvalue weighted by molar-refractivity contribution is 0.355. The second kappa shape index (κ2) is 6.78. The number of hydrogen-bond donors (Lipinski definition) is 0. The summed E-state index contributed by atoms with van der Waals surface area (Å²) in [6.45, 7) is 10.2. The van der Waals surface area contributed by atoms with Crippen molar-refractivity contribution < 1.29 is 0 Å². The van der Waals surface area contributed by atoms with E-state index >= 15 is 0 Å². The van der Waals surface area contributed by atoms with Crippen molar-refractivity contribution in [1.82, 2.24) is 0 Å². The SMILES string of the molecule is CC1(C)C2=C3C4=c5c(ccc6c5=C(CC41)c1ccccc1-6)C(C)(C)C3CC(C1=c3ccccc3=CCC1)=C2. The topological polar surface area (TPSA) is 0 Å². The zero-order valence-corrected chi connectivity index (χ0v) is 22.9. The molecule has 9 rings (SSSR count). The second-order valence-electron chi connectivity index (χ2n) is 13.6. The number of benzene rings is 3. The van der Waals surface area contributed by atoms with E-state index in [-0.39, 0.29) is 10.8 Å². The molecule has 3 aromatic rings. The Morgan fingerprint density at radius 3 is 2.29 bits per heavy atom. The van der Waals surface area contributed by atoms with Gasteiger partial charge in [-0.1, -0.05) is 101 Å².